The third-order valence-electron chi connectivity index (χ3n) is 4.77. The molecule has 1 aliphatic carbocycles. The lowest BCUT2D eigenvalue weighted by Crippen LogP contribution is -2.42. The van der Waals surface area contributed by atoms with Crippen LogP contribution in [0.15, 0.2) is 0 Å². The Hall–Kier alpha value is -0.120. The van der Waals surface area contributed by atoms with Gasteiger partial charge in [0.25, 0.3) is 0 Å². The van der Waals surface area contributed by atoms with E-state index in [9.17, 15) is 0 Å². The molecule has 0 bridgehead atoms. The Labute approximate surface area is 125 Å². The third kappa shape index (κ3) is 5.01. The zero-order valence-corrected chi connectivity index (χ0v) is 14.0. The standard InChI is InChI=1S/C17H34N2O/c1-16(2,3)18-12-13-19(4)14-15-8-11-17(20-15)9-6-5-7-10-17/h15,18H,5-14H2,1-4H3. The van der Waals surface area contributed by atoms with Crippen LogP contribution in [0, 0.1) is 0 Å². The normalized spacial score (nSPS) is 26.6. The second kappa shape index (κ2) is 6.76. The lowest BCUT2D eigenvalue weighted by atomic mass is 9.83. The van der Waals surface area contributed by atoms with Crippen molar-refractivity contribution in [3.63, 3.8) is 0 Å². The van der Waals surface area contributed by atoms with Crippen molar-refractivity contribution in [3.05, 3.63) is 0 Å². The van der Waals surface area contributed by atoms with E-state index >= 15 is 0 Å². The lowest BCUT2D eigenvalue weighted by Gasteiger charge is -2.34. The predicted octanol–water partition coefficient (Wildman–Crippen LogP) is 3.19. The summed E-state index contributed by atoms with van der Waals surface area (Å²) in [4.78, 5) is 2.42. The van der Waals surface area contributed by atoms with Gasteiger partial charge in [0.2, 0.25) is 0 Å². The summed E-state index contributed by atoms with van der Waals surface area (Å²) in [5.74, 6) is 0. The van der Waals surface area contributed by atoms with Crippen molar-refractivity contribution in [1.29, 1.82) is 0 Å². The molecular weight excluding hydrogens is 248 g/mol. The molecule has 0 radical (unpaired) electrons. The monoisotopic (exact) mass is 282 g/mol. The molecule has 1 saturated heterocycles. The zero-order valence-electron chi connectivity index (χ0n) is 14.0. The summed E-state index contributed by atoms with van der Waals surface area (Å²) >= 11 is 0. The molecule has 1 heterocycles. The minimum atomic E-state index is 0.219. The molecule has 1 atom stereocenters. The highest BCUT2D eigenvalue weighted by molar-refractivity contribution is 4.91. The van der Waals surface area contributed by atoms with E-state index in [-0.39, 0.29) is 11.1 Å². The van der Waals surface area contributed by atoms with Crippen molar-refractivity contribution in [2.45, 2.75) is 83.0 Å². The van der Waals surface area contributed by atoms with Gasteiger partial charge in [0, 0.05) is 25.2 Å². The second-order valence-electron chi connectivity index (χ2n) is 7.96. The molecule has 2 rings (SSSR count). The van der Waals surface area contributed by atoms with Gasteiger partial charge in [-0.05, 0) is 53.5 Å². The highest BCUT2D eigenvalue weighted by atomic mass is 16.5. The van der Waals surface area contributed by atoms with Gasteiger partial charge in [-0.25, -0.2) is 0 Å². The molecule has 0 aromatic heterocycles. The Kier molecular flexibility index (Phi) is 5.49. The molecule has 3 nitrogen and oxygen atoms in total. The first-order chi connectivity index (χ1) is 9.39. The van der Waals surface area contributed by atoms with Gasteiger partial charge in [-0.2, -0.15) is 0 Å². The molecule has 0 aromatic rings. The van der Waals surface area contributed by atoms with Crippen LogP contribution < -0.4 is 5.32 Å². The zero-order chi connectivity index (χ0) is 14.6. The summed E-state index contributed by atoms with van der Waals surface area (Å²) in [6, 6.07) is 0. The molecule has 2 fully saturated rings. The Bertz CT molecular complexity index is 292. The number of hydrogen-bond acceptors (Lipinski definition) is 3. The molecule has 20 heavy (non-hydrogen) atoms. The van der Waals surface area contributed by atoms with Gasteiger partial charge in [0.1, 0.15) is 0 Å². The SMILES string of the molecule is CN(CCNC(C)(C)C)CC1CCC2(CCCCC2)O1. The average molecular weight is 282 g/mol. The maximum Gasteiger partial charge on any atom is 0.0710 e. The first-order valence-corrected chi connectivity index (χ1v) is 8.50. The molecule has 1 N–H and O–H groups in total. The van der Waals surface area contributed by atoms with Crippen molar-refractivity contribution in [2.75, 3.05) is 26.7 Å². The van der Waals surface area contributed by atoms with Crippen LogP contribution in [-0.2, 0) is 4.74 Å². The number of nitrogens with zero attached hydrogens (tertiary/aromatic N) is 1. The largest absolute Gasteiger partial charge is 0.370 e. The maximum atomic E-state index is 6.45. The second-order valence-corrected chi connectivity index (χ2v) is 7.96. The number of hydrogen-bond donors (Lipinski definition) is 1. The molecule has 2 aliphatic rings. The Balaban J connectivity index is 1.66. The smallest absolute Gasteiger partial charge is 0.0710 e. The minimum absolute atomic E-state index is 0.219. The molecule has 1 unspecified atom stereocenters. The maximum absolute atomic E-state index is 6.45. The van der Waals surface area contributed by atoms with Crippen LogP contribution >= 0.6 is 0 Å². The van der Waals surface area contributed by atoms with E-state index in [0.29, 0.717) is 6.10 Å². The van der Waals surface area contributed by atoms with Crippen LogP contribution in [0.3, 0.4) is 0 Å². The highest BCUT2D eigenvalue weighted by Gasteiger charge is 2.40. The van der Waals surface area contributed by atoms with Crippen LogP contribution in [-0.4, -0.2) is 48.8 Å². The topological polar surface area (TPSA) is 24.5 Å². The molecule has 1 spiro atoms. The van der Waals surface area contributed by atoms with E-state index in [1.807, 2.05) is 0 Å². The van der Waals surface area contributed by atoms with E-state index in [1.165, 1.54) is 44.9 Å². The van der Waals surface area contributed by atoms with Gasteiger partial charge in [0.15, 0.2) is 0 Å². The Morgan fingerprint density at radius 3 is 2.50 bits per heavy atom. The number of likely N-dealkylation sites (N-methyl/N-ethyl adjacent to an activating group) is 1. The number of nitrogens with one attached hydrogen (secondary N) is 1. The van der Waals surface area contributed by atoms with Crippen molar-refractivity contribution in [2.24, 2.45) is 0 Å². The molecule has 3 heteroatoms. The third-order valence-corrected chi connectivity index (χ3v) is 4.77. The van der Waals surface area contributed by atoms with E-state index in [0.717, 1.165) is 19.6 Å². The van der Waals surface area contributed by atoms with E-state index in [1.54, 1.807) is 0 Å². The van der Waals surface area contributed by atoms with Gasteiger partial charge >= 0.3 is 0 Å². The Morgan fingerprint density at radius 1 is 1.15 bits per heavy atom. The summed E-state index contributed by atoms with van der Waals surface area (Å²) in [6.07, 6.45) is 9.79. The molecule has 0 amide bonds. The van der Waals surface area contributed by atoms with Gasteiger partial charge in [0.05, 0.1) is 11.7 Å². The first-order valence-electron chi connectivity index (χ1n) is 8.50. The van der Waals surface area contributed by atoms with E-state index < -0.39 is 0 Å². The van der Waals surface area contributed by atoms with Gasteiger partial charge in [-0.3, -0.25) is 0 Å². The fourth-order valence-corrected chi connectivity index (χ4v) is 3.65. The van der Waals surface area contributed by atoms with Crippen molar-refractivity contribution in [1.82, 2.24) is 10.2 Å². The summed E-state index contributed by atoms with van der Waals surface area (Å²) in [6.45, 7) is 9.91. The van der Waals surface area contributed by atoms with Crippen LogP contribution in [0.25, 0.3) is 0 Å². The summed E-state index contributed by atoms with van der Waals surface area (Å²) in [5, 5.41) is 3.55. The fourth-order valence-electron chi connectivity index (χ4n) is 3.65. The van der Waals surface area contributed by atoms with Crippen molar-refractivity contribution >= 4 is 0 Å². The Morgan fingerprint density at radius 2 is 1.85 bits per heavy atom. The van der Waals surface area contributed by atoms with Crippen LogP contribution in [0.4, 0.5) is 0 Å². The minimum Gasteiger partial charge on any atom is -0.370 e. The average Bonchev–Trinajstić information content (AvgIpc) is 2.71. The number of ether oxygens (including phenoxy) is 1. The van der Waals surface area contributed by atoms with Crippen LogP contribution in [0.5, 0.6) is 0 Å². The molecular formula is C17H34N2O. The first kappa shape index (κ1) is 16.3. The molecule has 1 aliphatic heterocycles. The summed E-state index contributed by atoms with van der Waals surface area (Å²) in [5.41, 5.74) is 0.490. The van der Waals surface area contributed by atoms with Crippen LogP contribution in [0.1, 0.15) is 65.7 Å². The lowest BCUT2D eigenvalue weighted by molar-refractivity contribution is -0.0701. The summed E-state index contributed by atoms with van der Waals surface area (Å²) < 4.78 is 6.45. The summed E-state index contributed by atoms with van der Waals surface area (Å²) in [7, 11) is 2.22. The molecule has 118 valence electrons. The molecule has 0 aromatic carbocycles. The van der Waals surface area contributed by atoms with E-state index in [4.69, 9.17) is 4.74 Å². The fraction of sp³-hybridized carbons (Fsp3) is 1.00. The highest BCUT2D eigenvalue weighted by Crippen LogP contribution is 2.41. The van der Waals surface area contributed by atoms with Crippen LogP contribution in [0.2, 0.25) is 0 Å². The molecule has 1 saturated carbocycles. The number of rotatable bonds is 5. The quantitative estimate of drug-likeness (QED) is 0.838. The van der Waals surface area contributed by atoms with E-state index in [2.05, 4.69) is 38.0 Å². The van der Waals surface area contributed by atoms with Gasteiger partial charge in [-0.1, -0.05) is 19.3 Å². The van der Waals surface area contributed by atoms with Gasteiger partial charge < -0.3 is 15.0 Å². The van der Waals surface area contributed by atoms with Crippen molar-refractivity contribution < 1.29 is 4.74 Å². The van der Waals surface area contributed by atoms with Crippen molar-refractivity contribution in [3.8, 4) is 0 Å². The predicted molar refractivity (Wildman–Crippen MR) is 85.2 cm³/mol. The van der Waals surface area contributed by atoms with Gasteiger partial charge in [-0.15, -0.1) is 0 Å².